The van der Waals surface area contributed by atoms with Crippen molar-refractivity contribution in [3.05, 3.63) is 54.2 Å². The quantitative estimate of drug-likeness (QED) is 0.697. The van der Waals surface area contributed by atoms with Crippen molar-refractivity contribution in [1.29, 1.82) is 0 Å². The Kier molecular flexibility index (Phi) is 4.62. The summed E-state index contributed by atoms with van der Waals surface area (Å²) in [6.07, 6.45) is 1.58. The van der Waals surface area contributed by atoms with Crippen molar-refractivity contribution in [3.8, 4) is 5.75 Å². The second-order valence-electron chi connectivity index (χ2n) is 4.05. The van der Waals surface area contributed by atoms with Crippen LogP contribution in [0.15, 0.2) is 33.8 Å². The summed E-state index contributed by atoms with van der Waals surface area (Å²) in [4.78, 5) is 16.3. The van der Waals surface area contributed by atoms with Gasteiger partial charge in [-0.15, -0.1) is 0 Å². The fourth-order valence-electron chi connectivity index (χ4n) is 1.66. The first kappa shape index (κ1) is 14.5. The lowest BCUT2D eigenvalue weighted by atomic mass is 10.2. The first-order valence-electron chi connectivity index (χ1n) is 5.57. The fourth-order valence-corrected chi connectivity index (χ4v) is 2.70. The predicted octanol–water partition coefficient (Wildman–Crippen LogP) is 2.98. The zero-order chi connectivity index (χ0) is 14.0. The lowest BCUT2D eigenvalue weighted by Crippen LogP contribution is -2.24. The van der Waals surface area contributed by atoms with Crippen molar-refractivity contribution in [1.82, 2.24) is 9.55 Å². The zero-order valence-corrected chi connectivity index (χ0v) is 14.2. The van der Waals surface area contributed by atoms with Crippen LogP contribution < -0.4 is 10.3 Å². The molecule has 4 nitrogen and oxygen atoms in total. The standard InChI is InChI=1S/C13H12BrIN2O2/c1-8-12(15)13(18)17(7-16-8)6-9-3-4-11(19-2)10(14)5-9/h3-5,7H,6H2,1-2H3. The van der Waals surface area contributed by atoms with Crippen LogP contribution in [-0.2, 0) is 6.54 Å². The van der Waals surface area contributed by atoms with Crippen molar-refractivity contribution >= 4 is 38.5 Å². The number of ether oxygens (including phenoxy) is 1. The Morgan fingerprint density at radius 3 is 2.84 bits per heavy atom. The molecule has 0 saturated heterocycles. The minimum Gasteiger partial charge on any atom is -0.496 e. The SMILES string of the molecule is COc1ccc(Cn2cnc(C)c(I)c2=O)cc1Br. The number of methoxy groups -OCH3 is 1. The molecular weight excluding hydrogens is 423 g/mol. The highest BCUT2D eigenvalue weighted by Gasteiger charge is 2.07. The number of hydrogen-bond acceptors (Lipinski definition) is 3. The lowest BCUT2D eigenvalue weighted by Gasteiger charge is -2.09. The zero-order valence-electron chi connectivity index (χ0n) is 10.5. The van der Waals surface area contributed by atoms with E-state index in [4.69, 9.17) is 4.74 Å². The molecule has 0 spiro atoms. The maximum atomic E-state index is 12.1. The van der Waals surface area contributed by atoms with Crippen LogP contribution in [-0.4, -0.2) is 16.7 Å². The van der Waals surface area contributed by atoms with Gasteiger partial charge in [-0.25, -0.2) is 4.98 Å². The van der Waals surface area contributed by atoms with Gasteiger partial charge in [-0.05, 0) is 63.1 Å². The number of benzene rings is 1. The molecule has 2 rings (SSSR count). The molecule has 0 saturated carbocycles. The first-order valence-corrected chi connectivity index (χ1v) is 7.44. The van der Waals surface area contributed by atoms with E-state index >= 15 is 0 Å². The number of hydrogen-bond donors (Lipinski definition) is 0. The highest BCUT2D eigenvalue weighted by Crippen LogP contribution is 2.25. The molecule has 0 amide bonds. The van der Waals surface area contributed by atoms with Crippen LogP contribution in [0.3, 0.4) is 0 Å². The Bertz CT molecular complexity index is 670. The molecule has 1 aromatic heterocycles. The van der Waals surface area contributed by atoms with Crippen LogP contribution >= 0.6 is 38.5 Å². The first-order chi connectivity index (χ1) is 9.02. The topological polar surface area (TPSA) is 44.1 Å². The maximum absolute atomic E-state index is 12.1. The van der Waals surface area contributed by atoms with Crippen LogP contribution in [0.5, 0.6) is 5.75 Å². The third-order valence-corrected chi connectivity index (χ3v) is 4.59. The van der Waals surface area contributed by atoms with Gasteiger partial charge in [-0.3, -0.25) is 9.36 Å². The molecule has 2 aromatic rings. The molecule has 0 unspecified atom stereocenters. The largest absolute Gasteiger partial charge is 0.496 e. The van der Waals surface area contributed by atoms with Gasteiger partial charge in [0.1, 0.15) is 5.75 Å². The summed E-state index contributed by atoms with van der Waals surface area (Å²) < 4.78 is 8.31. The van der Waals surface area contributed by atoms with Gasteiger partial charge in [0.05, 0.1) is 33.7 Å². The molecule has 1 aromatic carbocycles. The van der Waals surface area contributed by atoms with E-state index in [0.717, 1.165) is 21.5 Å². The molecule has 0 fully saturated rings. The van der Waals surface area contributed by atoms with E-state index < -0.39 is 0 Å². The van der Waals surface area contributed by atoms with Gasteiger partial charge in [0.25, 0.3) is 5.56 Å². The highest BCUT2D eigenvalue weighted by atomic mass is 127. The van der Waals surface area contributed by atoms with Crippen molar-refractivity contribution < 1.29 is 4.74 Å². The van der Waals surface area contributed by atoms with Crippen molar-refractivity contribution in [2.45, 2.75) is 13.5 Å². The minimum atomic E-state index is -0.0139. The van der Waals surface area contributed by atoms with Crippen LogP contribution in [0.2, 0.25) is 0 Å². The van der Waals surface area contributed by atoms with Crippen molar-refractivity contribution in [3.63, 3.8) is 0 Å². The molecule has 0 radical (unpaired) electrons. The Labute approximate surface area is 133 Å². The molecule has 1 heterocycles. The summed E-state index contributed by atoms with van der Waals surface area (Å²) in [7, 11) is 1.62. The van der Waals surface area contributed by atoms with Gasteiger partial charge >= 0.3 is 0 Å². The molecule has 0 atom stereocenters. The highest BCUT2D eigenvalue weighted by molar-refractivity contribution is 14.1. The summed E-state index contributed by atoms with van der Waals surface area (Å²) in [5.74, 6) is 0.771. The van der Waals surface area contributed by atoms with Crippen LogP contribution in [0.25, 0.3) is 0 Å². The molecule has 0 aliphatic carbocycles. The fraction of sp³-hybridized carbons (Fsp3) is 0.231. The maximum Gasteiger partial charge on any atom is 0.267 e. The van der Waals surface area contributed by atoms with E-state index in [0.29, 0.717) is 10.1 Å². The normalized spacial score (nSPS) is 10.5. The van der Waals surface area contributed by atoms with E-state index in [1.807, 2.05) is 47.7 Å². The lowest BCUT2D eigenvalue weighted by molar-refractivity contribution is 0.412. The van der Waals surface area contributed by atoms with Crippen molar-refractivity contribution in [2.75, 3.05) is 7.11 Å². The van der Waals surface area contributed by atoms with Gasteiger partial charge in [0.15, 0.2) is 0 Å². The summed E-state index contributed by atoms with van der Waals surface area (Å²) in [6.45, 7) is 2.32. The average molecular weight is 435 g/mol. The third-order valence-electron chi connectivity index (χ3n) is 2.73. The Balaban J connectivity index is 2.34. The summed E-state index contributed by atoms with van der Waals surface area (Å²) in [5.41, 5.74) is 1.76. The molecule has 6 heteroatoms. The van der Waals surface area contributed by atoms with E-state index in [9.17, 15) is 4.79 Å². The number of rotatable bonds is 3. The van der Waals surface area contributed by atoms with Gasteiger partial charge in [0, 0.05) is 0 Å². The van der Waals surface area contributed by atoms with E-state index in [1.54, 1.807) is 18.0 Å². The van der Waals surface area contributed by atoms with Crippen LogP contribution in [0.1, 0.15) is 11.3 Å². The van der Waals surface area contributed by atoms with Gasteiger partial charge < -0.3 is 4.74 Å². The molecule has 0 aliphatic rings. The van der Waals surface area contributed by atoms with E-state index in [2.05, 4.69) is 20.9 Å². The molecule has 0 N–H and O–H groups in total. The van der Waals surface area contributed by atoms with Gasteiger partial charge in [-0.2, -0.15) is 0 Å². The van der Waals surface area contributed by atoms with Crippen molar-refractivity contribution in [2.24, 2.45) is 0 Å². The minimum absolute atomic E-state index is 0.0139. The van der Waals surface area contributed by atoms with E-state index in [1.165, 1.54) is 0 Å². The van der Waals surface area contributed by atoms with Crippen LogP contribution in [0, 0.1) is 10.5 Å². The third kappa shape index (κ3) is 3.17. The Morgan fingerprint density at radius 1 is 1.47 bits per heavy atom. The predicted molar refractivity (Wildman–Crippen MR) is 85.7 cm³/mol. The van der Waals surface area contributed by atoms with Crippen LogP contribution in [0.4, 0.5) is 0 Å². The van der Waals surface area contributed by atoms with Gasteiger partial charge in [0.2, 0.25) is 0 Å². The molecule has 0 aliphatic heterocycles. The molecular formula is C13H12BrIN2O2. The van der Waals surface area contributed by atoms with E-state index in [-0.39, 0.29) is 5.56 Å². The Morgan fingerprint density at radius 2 is 2.21 bits per heavy atom. The molecule has 19 heavy (non-hydrogen) atoms. The smallest absolute Gasteiger partial charge is 0.267 e. The monoisotopic (exact) mass is 434 g/mol. The number of aromatic nitrogens is 2. The molecule has 0 bridgehead atoms. The summed E-state index contributed by atoms with van der Waals surface area (Å²) in [6, 6.07) is 5.75. The number of nitrogens with zero attached hydrogens (tertiary/aromatic N) is 2. The molecule has 100 valence electrons. The second kappa shape index (κ2) is 6.04. The Hall–Kier alpha value is -0.890. The summed E-state index contributed by atoms with van der Waals surface area (Å²) in [5, 5.41) is 0. The number of halogens is 2. The van der Waals surface area contributed by atoms with Gasteiger partial charge in [-0.1, -0.05) is 6.07 Å². The second-order valence-corrected chi connectivity index (χ2v) is 5.98. The average Bonchev–Trinajstić information content (AvgIpc) is 2.40. The summed E-state index contributed by atoms with van der Waals surface area (Å²) >= 11 is 5.47. The number of aryl methyl sites for hydroxylation is 1.